The molecule has 2 heterocycles. The molecule has 1 unspecified atom stereocenters. The van der Waals surface area contributed by atoms with Crippen molar-refractivity contribution >= 4 is 29.1 Å². The number of anilines is 3. The van der Waals surface area contributed by atoms with E-state index in [2.05, 4.69) is 40.0 Å². The molecule has 5 nitrogen and oxygen atoms in total. The third-order valence-corrected chi connectivity index (χ3v) is 4.82. The summed E-state index contributed by atoms with van der Waals surface area (Å²) in [5.41, 5.74) is 2.17. The molecule has 0 radical (unpaired) electrons. The van der Waals surface area contributed by atoms with Crippen molar-refractivity contribution in [2.75, 3.05) is 41.3 Å². The van der Waals surface area contributed by atoms with Gasteiger partial charge in [-0.3, -0.25) is 0 Å². The van der Waals surface area contributed by atoms with Crippen LogP contribution in [-0.2, 0) is 0 Å². The molecule has 0 bridgehead atoms. The monoisotopic (exact) mass is 359 g/mol. The molecule has 0 spiro atoms. The number of aryl methyl sites for hydroxylation is 1. The van der Waals surface area contributed by atoms with E-state index in [1.54, 1.807) is 0 Å². The zero-order chi connectivity index (χ0) is 17.8. The minimum Gasteiger partial charge on any atom is -0.368 e. The Labute approximate surface area is 155 Å². The zero-order valence-corrected chi connectivity index (χ0v) is 15.9. The third-order valence-electron chi connectivity index (χ3n) is 4.58. The summed E-state index contributed by atoms with van der Waals surface area (Å²) in [6.07, 6.45) is 1.07. The molecular formula is C19H26ClN5. The highest BCUT2D eigenvalue weighted by Gasteiger charge is 2.20. The maximum absolute atomic E-state index is 6.11. The van der Waals surface area contributed by atoms with Crippen LogP contribution in [0, 0.1) is 6.92 Å². The minimum atomic E-state index is 0.404. The van der Waals surface area contributed by atoms with Gasteiger partial charge in [0.1, 0.15) is 5.82 Å². The summed E-state index contributed by atoms with van der Waals surface area (Å²) in [5.74, 6) is 1.73. The normalized spacial score (nSPS) is 16.0. The van der Waals surface area contributed by atoms with Crippen LogP contribution in [0.15, 0.2) is 30.3 Å². The van der Waals surface area contributed by atoms with Crippen molar-refractivity contribution in [1.82, 2.24) is 9.97 Å². The van der Waals surface area contributed by atoms with E-state index in [1.165, 1.54) is 5.69 Å². The second-order valence-electron chi connectivity index (χ2n) is 6.60. The number of aromatic nitrogens is 2. The Balaban J connectivity index is 1.68. The van der Waals surface area contributed by atoms with E-state index < -0.39 is 0 Å². The van der Waals surface area contributed by atoms with Gasteiger partial charge in [-0.05, 0) is 38.5 Å². The topological polar surface area (TPSA) is 44.3 Å². The number of rotatable bonds is 5. The zero-order valence-electron chi connectivity index (χ0n) is 15.2. The SMILES string of the molecule is CCC(C)Nc1cc(C)nc(N2CCN(c3cccc(Cl)c3)CC2)n1. The van der Waals surface area contributed by atoms with Crippen molar-refractivity contribution in [1.29, 1.82) is 0 Å². The largest absolute Gasteiger partial charge is 0.368 e. The predicted octanol–water partition coefficient (Wildman–Crippen LogP) is 3.98. The lowest BCUT2D eigenvalue weighted by Gasteiger charge is -2.36. The molecule has 1 fully saturated rings. The molecule has 6 heteroatoms. The predicted molar refractivity (Wildman–Crippen MR) is 106 cm³/mol. The van der Waals surface area contributed by atoms with Gasteiger partial charge < -0.3 is 15.1 Å². The summed E-state index contributed by atoms with van der Waals surface area (Å²) >= 11 is 6.11. The van der Waals surface area contributed by atoms with Crippen LogP contribution in [0.1, 0.15) is 26.0 Å². The Morgan fingerprint density at radius 3 is 2.52 bits per heavy atom. The summed E-state index contributed by atoms with van der Waals surface area (Å²) in [6, 6.07) is 10.5. The molecule has 1 aromatic heterocycles. The van der Waals surface area contributed by atoms with Gasteiger partial charge in [0.15, 0.2) is 0 Å². The van der Waals surface area contributed by atoms with E-state index in [0.29, 0.717) is 6.04 Å². The highest BCUT2D eigenvalue weighted by Crippen LogP contribution is 2.22. The fourth-order valence-corrected chi connectivity index (χ4v) is 3.14. The minimum absolute atomic E-state index is 0.404. The van der Waals surface area contributed by atoms with Gasteiger partial charge in [0.25, 0.3) is 0 Å². The lowest BCUT2D eigenvalue weighted by atomic mass is 10.2. The number of nitrogens with one attached hydrogen (secondary N) is 1. The maximum Gasteiger partial charge on any atom is 0.227 e. The number of hydrogen-bond donors (Lipinski definition) is 1. The molecule has 0 saturated carbocycles. The first-order chi connectivity index (χ1) is 12.0. The first-order valence-electron chi connectivity index (χ1n) is 8.93. The van der Waals surface area contributed by atoms with E-state index in [4.69, 9.17) is 16.6 Å². The first-order valence-corrected chi connectivity index (χ1v) is 9.30. The van der Waals surface area contributed by atoms with Crippen molar-refractivity contribution in [3.63, 3.8) is 0 Å². The number of benzene rings is 1. The molecule has 1 aromatic carbocycles. The molecule has 1 aliphatic rings. The van der Waals surface area contributed by atoms with Gasteiger partial charge in [-0.25, -0.2) is 4.98 Å². The summed E-state index contributed by atoms with van der Waals surface area (Å²) in [6.45, 7) is 10.0. The number of nitrogens with zero attached hydrogens (tertiary/aromatic N) is 4. The Morgan fingerprint density at radius 2 is 1.84 bits per heavy atom. The molecule has 1 saturated heterocycles. The Hall–Kier alpha value is -2.01. The lowest BCUT2D eigenvalue weighted by Crippen LogP contribution is -2.47. The van der Waals surface area contributed by atoms with Crippen molar-refractivity contribution in [3.8, 4) is 0 Å². The molecular weight excluding hydrogens is 334 g/mol. The van der Waals surface area contributed by atoms with E-state index in [9.17, 15) is 0 Å². The number of halogens is 1. The molecule has 0 aliphatic carbocycles. The van der Waals surface area contributed by atoms with Gasteiger partial charge in [-0.15, -0.1) is 0 Å². The summed E-state index contributed by atoms with van der Waals surface area (Å²) in [7, 11) is 0. The smallest absolute Gasteiger partial charge is 0.227 e. The second kappa shape index (κ2) is 7.91. The van der Waals surface area contributed by atoms with Gasteiger partial charge in [0.2, 0.25) is 5.95 Å². The van der Waals surface area contributed by atoms with Gasteiger partial charge >= 0.3 is 0 Å². The van der Waals surface area contributed by atoms with Gasteiger partial charge in [0, 0.05) is 54.7 Å². The average molecular weight is 360 g/mol. The molecule has 1 aliphatic heterocycles. The van der Waals surface area contributed by atoms with Crippen LogP contribution in [0.4, 0.5) is 17.5 Å². The highest BCUT2D eigenvalue weighted by atomic mass is 35.5. The van der Waals surface area contributed by atoms with E-state index in [1.807, 2.05) is 31.2 Å². The standard InChI is InChI=1S/C19H26ClN5/c1-4-14(2)21-18-12-15(3)22-19(23-18)25-10-8-24(9-11-25)17-7-5-6-16(20)13-17/h5-7,12-14H,4,8-11H2,1-3H3,(H,21,22,23). The van der Waals surface area contributed by atoms with E-state index >= 15 is 0 Å². The fraction of sp³-hybridized carbons (Fsp3) is 0.474. The quantitative estimate of drug-likeness (QED) is 0.874. The third kappa shape index (κ3) is 4.54. The van der Waals surface area contributed by atoms with Gasteiger partial charge in [-0.2, -0.15) is 4.98 Å². The maximum atomic E-state index is 6.11. The van der Waals surface area contributed by atoms with Crippen LogP contribution in [-0.4, -0.2) is 42.2 Å². The van der Waals surface area contributed by atoms with Crippen molar-refractivity contribution < 1.29 is 0 Å². The average Bonchev–Trinajstić information content (AvgIpc) is 2.61. The number of piperazine rings is 1. The van der Waals surface area contributed by atoms with Gasteiger partial charge in [-0.1, -0.05) is 24.6 Å². The van der Waals surface area contributed by atoms with Crippen molar-refractivity contribution in [3.05, 3.63) is 41.0 Å². The highest BCUT2D eigenvalue weighted by molar-refractivity contribution is 6.30. The van der Waals surface area contributed by atoms with Crippen molar-refractivity contribution in [2.24, 2.45) is 0 Å². The molecule has 3 rings (SSSR count). The Kier molecular flexibility index (Phi) is 5.63. The van der Waals surface area contributed by atoms with Crippen LogP contribution in [0.5, 0.6) is 0 Å². The van der Waals surface area contributed by atoms with Crippen LogP contribution in [0.3, 0.4) is 0 Å². The molecule has 1 atom stereocenters. The van der Waals surface area contributed by atoms with Crippen molar-refractivity contribution in [2.45, 2.75) is 33.2 Å². The van der Waals surface area contributed by atoms with Crippen LogP contribution in [0.25, 0.3) is 0 Å². The van der Waals surface area contributed by atoms with Crippen LogP contribution < -0.4 is 15.1 Å². The Morgan fingerprint density at radius 1 is 1.12 bits per heavy atom. The Bertz CT molecular complexity index is 713. The molecule has 25 heavy (non-hydrogen) atoms. The number of hydrogen-bond acceptors (Lipinski definition) is 5. The molecule has 1 N–H and O–H groups in total. The van der Waals surface area contributed by atoms with Gasteiger partial charge in [0.05, 0.1) is 0 Å². The first kappa shape index (κ1) is 17.8. The summed E-state index contributed by atoms with van der Waals surface area (Å²) in [4.78, 5) is 14.0. The molecule has 2 aromatic rings. The van der Waals surface area contributed by atoms with Crippen LogP contribution in [0.2, 0.25) is 5.02 Å². The molecule has 0 amide bonds. The summed E-state index contributed by atoms with van der Waals surface area (Å²) < 4.78 is 0. The summed E-state index contributed by atoms with van der Waals surface area (Å²) in [5, 5.41) is 4.23. The van der Waals surface area contributed by atoms with Crippen LogP contribution >= 0.6 is 11.6 Å². The second-order valence-corrected chi connectivity index (χ2v) is 7.04. The molecule has 134 valence electrons. The fourth-order valence-electron chi connectivity index (χ4n) is 2.96. The van der Waals surface area contributed by atoms with E-state index in [-0.39, 0.29) is 0 Å². The lowest BCUT2D eigenvalue weighted by molar-refractivity contribution is 0.639. The van der Waals surface area contributed by atoms with E-state index in [0.717, 1.165) is 55.1 Å².